The molecule has 246 valence electrons. The Morgan fingerprint density at radius 1 is 0.894 bits per heavy atom. The summed E-state index contributed by atoms with van der Waals surface area (Å²) in [6.07, 6.45) is 2.78. The normalized spacial score (nSPS) is 22.1. The van der Waals surface area contributed by atoms with Gasteiger partial charge in [0.2, 0.25) is 8.41 Å². The Morgan fingerprint density at radius 3 is 2.09 bits per heavy atom. The van der Waals surface area contributed by atoms with Crippen LogP contribution in [-0.4, -0.2) is 55.5 Å². The molecule has 4 atom stereocenters. The van der Waals surface area contributed by atoms with E-state index in [9.17, 15) is 19.5 Å². The number of rotatable bonds is 9. The minimum absolute atomic E-state index is 0.139. The molecule has 6 rings (SSSR count). The lowest BCUT2D eigenvalue weighted by atomic mass is 9.82. The van der Waals surface area contributed by atoms with Gasteiger partial charge in [0.15, 0.2) is 17.1 Å². The summed E-state index contributed by atoms with van der Waals surface area (Å²) in [5.41, 5.74) is 0.141. The predicted octanol–water partition coefficient (Wildman–Crippen LogP) is 4.71. The van der Waals surface area contributed by atoms with Crippen molar-refractivity contribution < 1.29 is 28.2 Å². The largest absolute Gasteiger partial charge is 0.491 e. The minimum atomic E-state index is -3.41. The highest BCUT2D eigenvalue weighted by atomic mass is 28.4. The molecule has 10 nitrogen and oxygen atoms in total. The summed E-state index contributed by atoms with van der Waals surface area (Å²) in [7, 11) is -0.544. The summed E-state index contributed by atoms with van der Waals surface area (Å²) < 4.78 is 36.1. The number of methoxy groups -OCH3 is 2. The van der Waals surface area contributed by atoms with Crippen LogP contribution < -0.4 is 25.5 Å². The summed E-state index contributed by atoms with van der Waals surface area (Å²) >= 11 is 0. The second-order valence-electron chi connectivity index (χ2n) is 12.5. The molecule has 1 amide bonds. The first-order valence-electron chi connectivity index (χ1n) is 15.5. The van der Waals surface area contributed by atoms with Crippen molar-refractivity contribution >= 4 is 20.0 Å². The highest BCUT2D eigenvalue weighted by Gasteiger charge is 2.66. The number of pyridine rings is 2. The number of anilines is 1. The van der Waals surface area contributed by atoms with Gasteiger partial charge in [0.25, 0.3) is 17.0 Å². The van der Waals surface area contributed by atoms with Crippen LogP contribution in [0.2, 0.25) is 18.6 Å². The van der Waals surface area contributed by atoms with E-state index in [4.69, 9.17) is 14.2 Å². The molecule has 0 bridgehead atoms. The van der Waals surface area contributed by atoms with Gasteiger partial charge in [0.1, 0.15) is 0 Å². The lowest BCUT2D eigenvalue weighted by molar-refractivity contribution is -0.146. The summed E-state index contributed by atoms with van der Waals surface area (Å²) in [6.45, 7) is 4.99. The molecule has 1 spiro atoms. The van der Waals surface area contributed by atoms with Crippen LogP contribution in [0.25, 0.3) is 11.4 Å². The third-order valence-corrected chi connectivity index (χ3v) is 11.9. The Bertz CT molecular complexity index is 1950. The molecule has 0 saturated carbocycles. The van der Waals surface area contributed by atoms with Gasteiger partial charge in [0, 0.05) is 47.4 Å². The van der Waals surface area contributed by atoms with Crippen LogP contribution in [0.3, 0.4) is 0 Å². The Balaban J connectivity index is 1.49. The molecule has 47 heavy (non-hydrogen) atoms. The van der Waals surface area contributed by atoms with Crippen molar-refractivity contribution in [3.8, 4) is 22.9 Å². The number of nitrogens with zero attached hydrogens (tertiary/aromatic N) is 3. The second-order valence-corrected chi connectivity index (χ2v) is 16.3. The summed E-state index contributed by atoms with van der Waals surface area (Å²) in [6, 6.07) is 19.2. The zero-order valence-electron chi connectivity index (χ0n) is 27.0. The maximum Gasteiger partial charge on any atom is 0.297 e. The van der Waals surface area contributed by atoms with Crippen LogP contribution in [0, 0.1) is 5.92 Å². The molecule has 4 aromatic rings. The molecular weight excluding hydrogens is 621 g/mol. The molecule has 4 heterocycles. The standard InChI is InChI=1S/C35H38FN3O7Si/c1-22-31(47(4,5)36)28(15-18-40)46-35(22)26-20-25(38-17-8-12-30(45-3)33(38)42)13-14-27(26)39(34(35)43)21-23-9-6-10-24(19-23)37-16-7-11-29(44-2)32(37)41/h6-14,16-17,19-20,22,28,31,40H,15,18,21H2,1-5H3/t22-,28+,31-,35+/m0/s1. The van der Waals surface area contributed by atoms with Crippen molar-refractivity contribution in [3.05, 3.63) is 111 Å². The fourth-order valence-electron chi connectivity index (χ4n) is 7.39. The van der Waals surface area contributed by atoms with E-state index in [-0.39, 0.29) is 48.1 Å². The number of carbonyl (C=O) groups excluding carboxylic acids is 1. The monoisotopic (exact) mass is 659 g/mol. The van der Waals surface area contributed by atoms with E-state index in [1.165, 1.54) is 23.4 Å². The van der Waals surface area contributed by atoms with Gasteiger partial charge in [-0.1, -0.05) is 19.1 Å². The van der Waals surface area contributed by atoms with Gasteiger partial charge in [-0.25, -0.2) is 0 Å². The molecular formula is C35H38FN3O7Si. The topological polar surface area (TPSA) is 112 Å². The number of hydrogen-bond acceptors (Lipinski definition) is 7. The number of carbonyl (C=O) groups is 1. The van der Waals surface area contributed by atoms with Crippen LogP contribution in [0.1, 0.15) is 24.5 Å². The maximum atomic E-state index is 16.0. The summed E-state index contributed by atoms with van der Waals surface area (Å²) in [4.78, 5) is 42.6. The van der Waals surface area contributed by atoms with Crippen molar-refractivity contribution in [1.29, 1.82) is 0 Å². The minimum Gasteiger partial charge on any atom is -0.491 e. The average molecular weight is 660 g/mol. The Morgan fingerprint density at radius 2 is 1.51 bits per heavy atom. The second kappa shape index (κ2) is 12.3. The van der Waals surface area contributed by atoms with Crippen molar-refractivity contribution in [2.75, 3.05) is 25.7 Å². The highest BCUT2D eigenvalue weighted by molar-refractivity contribution is 6.72. The molecule has 2 aromatic carbocycles. The van der Waals surface area contributed by atoms with Crippen LogP contribution >= 0.6 is 0 Å². The van der Waals surface area contributed by atoms with Crippen molar-refractivity contribution in [3.63, 3.8) is 0 Å². The van der Waals surface area contributed by atoms with Gasteiger partial charge < -0.3 is 28.3 Å². The Labute approximate surface area is 272 Å². The first kappa shape index (κ1) is 32.4. The SMILES string of the molecule is COc1cccn(-c2cccc(CN3C(=O)[C@]4(O[C@H](CCO)[C@@H]([Si](C)(C)F)[C@@H]4C)c4cc(-n5cccc(OC)c5=O)ccc43)c2)c1=O. The average Bonchev–Trinajstić information content (AvgIpc) is 3.47. The molecule has 0 aliphatic carbocycles. The van der Waals surface area contributed by atoms with Gasteiger partial charge in [-0.05, 0) is 79.7 Å². The number of aliphatic hydroxyl groups is 1. The maximum absolute atomic E-state index is 16.0. The van der Waals surface area contributed by atoms with Crippen LogP contribution in [0.5, 0.6) is 11.5 Å². The lowest BCUT2D eigenvalue weighted by Crippen LogP contribution is -2.45. The van der Waals surface area contributed by atoms with Crippen LogP contribution in [0.15, 0.2) is 88.7 Å². The highest BCUT2D eigenvalue weighted by Crippen LogP contribution is 2.60. The van der Waals surface area contributed by atoms with Crippen LogP contribution in [0.4, 0.5) is 9.80 Å². The van der Waals surface area contributed by atoms with Crippen LogP contribution in [-0.2, 0) is 21.7 Å². The fraction of sp³-hybridized carbons (Fsp3) is 0.343. The van der Waals surface area contributed by atoms with Gasteiger partial charge in [-0.2, -0.15) is 0 Å². The van der Waals surface area contributed by atoms with E-state index < -0.39 is 31.6 Å². The molecule has 0 unspecified atom stereocenters. The molecule has 2 aromatic heterocycles. The zero-order valence-corrected chi connectivity index (χ0v) is 28.0. The van der Waals surface area contributed by atoms with E-state index in [1.807, 2.05) is 25.1 Å². The number of aromatic nitrogens is 2. The molecule has 2 aliphatic rings. The van der Waals surface area contributed by atoms with Crippen molar-refractivity contribution in [2.45, 2.75) is 50.2 Å². The first-order chi connectivity index (χ1) is 22.5. The van der Waals surface area contributed by atoms with E-state index in [2.05, 4.69) is 0 Å². The molecule has 1 fully saturated rings. The molecule has 0 radical (unpaired) electrons. The number of fused-ring (bicyclic) bond motifs is 2. The smallest absolute Gasteiger partial charge is 0.297 e. The Kier molecular flexibility index (Phi) is 8.45. The number of aliphatic hydroxyl groups excluding tert-OH is 1. The van der Waals surface area contributed by atoms with E-state index in [0.717, 1.165) is 5.56 Å². The number of ether oxygens (including phenoxy) is 3. The third-order valence-electron chi connectivity index (χ3n) is 9.43. The third kappa shape index (κ3) is 5.30. The predicted molar refractivity (Wildman–Crippen MR) is 178 cm³/mol. The summed E-state index contributed by atoms with van der Waals surface area (Å²) in [5, 5.41) is 9.92. The van der Waals surface area contributed by atoms with Gasteiger partial charge in [0.05, 0.1) is 32.6 Å². The Hall–Kier alpha value is -4.52. The van der Waals surface area contributed by atoms with E-state index >= 15 is 4.11 Å². The van der Waals surface area contributed by atoms with Crippen molar-refractivity contribution in [1.82, 2.24) is 9.13 Å². The van der Waals surface area contributed by atoms with Gasteiger partial charge in [-0.15, -0.1) is 0 Å². The number of benzene rings is 2. The molecule has 2 aliphatic heterocycles. The molecule has 12 heteroatoms. The number of hydrogen-bond donors (Lipinski definition) is 1. The number of halogens is 1. The zero-order chi connectivity index (χ0) is 33.7. The first-order valence-corrected chi connectivity index (χ1v) is 18.5. The number of amides is 1. The summed E-state index contributed by atoms with van der Waals surface area (Å²) in [5.74, 6) is -0.550. The molecule has 1 saturated heterocycles. The quantitative estimate of drug-likeness (QED) is 0.205. The lowest BCUT2D eigenvalue weighted by Gasteiger charge is -2.31. The fourth-order valence-corrected chi connectivity index (χ4v) is 9.93. The van der Waals surface area contributed by atoms with Gasteiger partial charge >= 0.3 is 0 Å². The van der Waals surface area contributed by atoms with Crippen molar-refractivity contribution in [2.24, 2.45) is 5.92 Å². The van der Waals surface area contributed by atoms with E-state index in [1.54, 1.807) is 78.9 Å². The van der Waals surface area contributed by atoms with Gasteiger partial charge in [-0.3, -0.25) is 23.5 Å². The van der Waals surface area contributed by atoms with E-state index in [0.29, 0.717) is 22.6 Å². The molecule has 1 N–H and O–H groups in total.